The summed E-state index contributed by atoms with van der Waals surface area (Å²) in [6.07, 6.45) is 6.35. The van der Waals surface area contributed by atoms with E-state index in [-0.39, 0.29) is 17.8 Å². The Morgan fingerprint density at radius 1 is 1.19 bits per heavy atom. The lowest BCUT2D eigenvalue weighted by atomic mass is 9.98. The van der Waals surface area contributed by atoms with E-state index in [1.54, 1.807) is 6.07 Å². The number of anilines is 1. The van der Waals surface area contributed by atoms with Gasteiger partial charge in [-0.25, -0.2) is 19.2 Å². The zero-order chi connectivity index (χ0) is 18.9. The van der Waals surface area contributed by atoms with E-state index in [1.165, 1.54) is 23.4 Å². The van der Waals surface area contributed by atoms with Crippen molar-refractivity contribution in [3.8, 4) is 0 Å². The molecule has 1 saturated heterocycles. The Hall–Kier alpha value is -2.77. The molecule has 2 fully saturated rings. The van der Waals surface area contributed by atoms with Crippen LogP contribution in [0, 0.1) is 5.82 Å². The number of unbranched alkanes of at least 4 members (excludes halogenated alkanes) is 1. The molecule has 0 atom stereocenters. The molecular formula is C19H22FN5O2. The quantitative estimate of drug-likeness (QED) is 0.602. The standard InChI is InChI=1S/C19H22FN5O2/c20-13-5-6-14-15(11-13)22-12-23-16(14)21-9-3-4-10-25-17(26)19(24-18(25)27)7-1-2-8-19/h5-6,11-12H,1-4,7-10H2,(H,24,27)(H,21,22,23). The first-order chi connectivity index (χ1) is 13.1. The van der Waals surface area contributed by atoms with E-state index >= 15 is 0 Å². The Kier molecular flexibility index (Phi) is 4.63. The lowest BCUT2D eigenvalue weighted by Gasteiger charge is -2.20. The van der Waals surface area contributed by atoms with Crippen LogP contribution in [0.15, 0.2) is 24.5 Å². The summed E-state index contributed by atoms with van der Waals surface area (Å²) in [5.74, 6) is 0.252. The summed E-state index contributed by atoms with van der Waals surface area (Å²) in [5.41, 5.74) is -0.0847. The van der Waals surface area contributed by atoms with Crippen LogP contribution in [-0.2, 0) is 4.79 Å². The van der Waals surface area contributed by atoms with E-state index in [1.807, 2.05) is 0 Å². The molecule has 1 saturated carbocycles. The molecule has 7 nitrogen and oxygen atoms in total. The maximum atomic E-state index is 13.3. The van der Waals surface area contributed by atoms with Gasteiger partial charge in [-0.1, -0.05) is 12.8 Å². The molecule has 2 aliphatic rings. The Morgan fingerprint density at radius 3 is 2.81 bits per heavy atom. The van der Waals surface area contributed by atoms with E-state index in [2.05, 4.69) is 20.6 Å². The number of carbonyl (C=O) groups is 2. The Morgan fingerprint density at radius 2 is 2.00 bits per heavy atom. The van der Waals surface area contributed by atoms with Crippen molar-refractivity contribution >= 4 is 28.7 Å². The highest BCUT2D eigenvalue weighted by molar-refractivity contribution is 6.07. The monoisotopic (exact) mass is 371 g/mol. The fourth-order valence-corrected chi connectivity index (χ4v) is 3.97. The highest BCUT2D eigenvalue weighted by atomic mass is 19.1. The lowest BCUT2D eigenvalue weighted by molar-refractivity contribution is -0.131. The minimum atomic E-state index is -0.634. The van der Waals surface area contributed by atoms with Gasteiger partial charge in [0.25, 0.3) is 5.91 Å². The summed E-state index contributed by atoms with van der Waals surface area (Å²) < 4.78 is 13.3. The number of fused-ring (bicyclic) bond motifs is 1. The maximum Gasteiger partial charge on any atom is 0.325 e. The summed E-state index contributed by atoms with van der Waals surface area (Å²) in [6.45, 7) is 1.06. The summed E-state index contributed by atoms with van der Waals surface area (Å²) in [6, 6.07) is 4.14. The average Bonchev–Trinajstić information content (AvgIpc) is 3.21. The summed E-state index contributed by atoms with van der Waals surface area (Å²) in [7, 11) is 0. The summed E-state index contributed by atoms with van der Waals surface area (Å²) in [4.78, 5) is 34.4. The minimum Gasteiger partial charge on any atom is -0.369 e. The van der Waals surface area contributed by atoms with Gasteiger partial charge in [0.2, 0.25) is 0 Å². The van der Waals surface area contributed by atoms with Crippen LogP contribution >= 0.6 is 0 Å². The van der Waals surface area contributed by atoms with Gasteiger partial charge in [0.05, 0.1) is 5.52 Å². The number of hydrogen-bond acceptors (Lipinski definition) is 5. The van der Waals surface area contributed by atoms with E-state index in [0.29, 0.717) is 30.8 Å². The molecule has 0 radical (unpaired) electrons. The van der Waals surface area contributed by atoms with Gasteiger partial charge < -0.3 is 10.6 Å². The van der Waals surface area contributed by atoms with Gasteiger partial charge >= 0.3 is 6.03 Å². The van der Waals surface area contributed by atoms with E-state index in [4.69, 9.17) is 0 Å². The molecule has 2 N–H and O–H groups in total. The molecule has 0 unspecified atom stereocenters. The molecule has 1 spiro atoms. The molecular weight excluding hydrogens is 349 g/mol. The minimum absolute atomic E-state index is 0.0678. The number of imide groups is 1. The Labute approximate surface area is 156 Å². The first-order valence-electron chi connectivity index (χ1n) is 9.37. The number of aromatic nitrogens is 2. The third-order valence-electron chi connectivity index (χ3n) is 5.40. The van der Waals surface area contributed by atoms with E-state index in [0.717, 1.165) is 37.5 Å². The lowest BCUT2D eigenvalue weighted by Crippen LogP contribution is -2.44. The fraction of sp³-hybridized carbons (Fsp3) is 0.474. The predicted molar refractivity (Wildman–Crippen MR) is 98.7 cm³/mol. The number of benzene rings is 1. The van der Waals surface area contributed by atoms with Gasteiger partial charge in [-0.05, 0) is 37.8 Å². The van der Waals surface area contributed by atoms with Crippen molar-refractivity contribution in [1.82, 2.24) is 20.2 Å². The van der Waals surface area contributed by atoms with Crippen molar-refractivity contribution in [2.75, 3.05) is 18.4 Å². The molecule has 1 aliphatic heterocycles. The van der Waals surface area contributed by atoms with Crippen molar-refractivity contribution in [2.24, 2.45) is 0 Å². The molecule has 1 aromatic heterocycles. The van der Waals surface area contributed by atoms with Gasteiger partial charge in [-0.15, -0.1) is 0 Å². The number of nitrogens with one attached hydrogen (secondary N) is 2. The second-order valence-corrected chi connectivity index (χ2v) is 7.19. The number of halogens is 1. The second kappa shape index (κ2) is 7.09. The van der Waals surface area contributed by atoms with Crippen molar-refractivity contribution in [3.63, 3.8) is 0 Å². The predicted octanol–water partition coefficient (Wildman–Crippen LogP) is 2.83. The molecule has 0 bridgehead atoms. The van der Waals surface area contributed by atoms with Gasteiger partial charge in [0.15, 0.2) is 0 Å². The van der Waals surface area contributed by atoms with Crippen LogP contribution in [0.3, 0.4) is 0 Å². The third kappa shape index (κ3) is 3.31. The molecule has 3 amide bonds. The number of rotatable bonds is 6. The summed E-state index contributed by atoms with van der Waals surface area (Å²) >= 11 is 0. The average molecular weight is 371 g/mol. The van der Waals surface area contributed by atoms with Crippen molar-refractivity contribution in [3.05, 3.63) is 30.3 Å². The van der Waals surface area contributed by atoms with Crippen LogP contribution in [0.2, 0.25) is 0 Å². The number of hydrogen-bond donors (Lipinski definition) is 2. The fourth-order valence-electron chi connectivity index (χ4n) is 3.97. The molecule has 1 aliphatic carbocycles. The number of urea groups is 1. The first-order valence-corrected chi connectivity index (χ1v) is 9.37. The molecule has 27 heavy (non-hydrogen) atoms. The molecule has 2 aromatic rings. The van der Waals surface area contributed by atoms with Crippen LogP contribution in [-0.4, -0.2) is 45.4 Å². The first kappa shape index (κ1) is 17.6. The van der Waals surface area contributed by atoms with Gasteiger partial charge in [0.1, 0.15) is 23.5 Å². The van der Waals surface area contributed by atoms with Crippen LogP contribution in [0.5, 0.6) is 0 Å². The number of carbonyl (C=O) groups excluding carboxylic acids is 2. The molecule has 1 aromatic carbocycles. The number of nitrogens with zero attached hydrogens (tertiary/aromatic N) is 3. The third-order valence-corrected chi connectivity index (χ3v) is 5.40. The van der Waals surface area contributed by atoms with Crippen LogP contribution < -0.4 is 10.6 Å². The molecule has 4 rings (SSSR count). The highest BCUT2D eigenvalue weighted by Crippen LogP contribution is 2.35. The van der Waals surface area contributed by atoms with Crippen LogP contribution in [0.4, 0.5) is 15.0 Å². The van der Waals surface area contributed by atoms with Gasteiger partial charge in [0, 0.05) is 24.5 Å². The second-order valence-electron chi connectivity index (χ2n) is 7.19. The maximum absolute atomic E-state index is 13.3. The van der Waals surface area contributed by atoms with Crippen LogP contribution in [0.1, 0.15) is 38.5 Å². The summed E-state index contributed by atoms with van der Waals surface area (Å²) in [5, 5.41) is 6.88. The molecule has 142 valence electrons. The van der Waals surface area contributed by atoms with Crippen molar-refractivity contribution in [1.29, 1.82) is 0 Å². The Balaban J connectivity index is 1.29. The molecule has 8 heteroatoms. The SMILES string of the molecule is O=C1NC2(CCCC2)C(=O)N1CCCCNc1ncnc2cc(F)ccc12. The Bertz CT molecular complexity index is 882. The smallest absolute Gasteiger partial charge is 0.325 e. The van der Waals surface area contributed by atoms with E-state index < -0.39 is 5.54 Å². The molecule has 2 heterocycles. The van der Waals surface area contributed by atoms with Crippen molar-refractivity contribution in [2.45, 2.75) is 44.1 Å². The van der Waals surface area contributed by atoms with E-state index in [9.17, 15) is 14.0 Å². The topological polar surface area (TPSA) is 87.2 Å². The zero-order valence-corrected chi connectivity index (χ0v) is 15.0. The van der Waals surface area contributed by atoms with Crippen molar-refractivity contribution < 1.29 is 14.0 Å². The highest BCUT2D eigenvalue weighted by Gasteiger charge is 2.51. The van der Waals surface area contributed by atoms with Crippen LogP contribution in [0.25, 0.3) is 10.9 Å². The zero-order valence-electron chi connectivity index (χ0n) is 15.0. The normalized spacial score (nSPS) is 18.5. The van der Waals surface area contributed by atoms with Gasteiger partial charge in [-0.3, -0.25) is 9.69 Å². The number of amides is 3. The largest absolute Gasteiger partial charge is 0.369 e. The van der Waals surface area contributed by atoms with Gasteiger partial charge in [-0.2, -0.15) is 0 Å².